The van der Waals surface area contributed by atoms with Crippen LogP contribution in [0.1, 0.15) is 13.3 Å². The molecule has 1 atom stereocenters. The van der Waals surface area contributed by atoms with Gasteiger partial charge >= 0.3 is 5.97 Å². The number of carbonyl (C=O) groups is 1. The monoisotopic (exact) mass is 148 g/mol. The fourth-order valence-electron chi connectivity index (χ4n) is 0.537. The minimum absolute atomic E-state index is 0.0293. The van der Waals surface area contributed by atoms with E-state index in [1.54, 1.807) is 0 Å². The van der Waals surface area contributed by atoms with E-state index >= 15 is 0 Å². The second-order valence-electron chi connectivity index (χ2n) is 1.81. The van der Waals surface area contributed by atoms with Crippen LogP contribution in [-0.2, 0) is 9.53 Å². The number of ether oxygens (including phenoxy) is 1. The molecule has 0 amide bonds. The van der Waals surface area contributed by atoms with Crippen LogP contribution in [0.5, 0.6) is 0 Å². The van der Waals surface area contributed by atoms with Crippen molar-refractivity contribution in [1.82, 2.24) is 0 Å². The smallest absolute Gasteiger partial charge is 0.309 e. The molecule has 0 saturated heterocycles. The predicted molar refractivity (Wildman–Crippen MR) is 39.7 cm³/mol. The Morgan fingerprint density at radius 3 is 2.44 bits per heavy atom. The van der Waals surface area contributed by atoms with Crippen molar-refractivity contribution < 1.29 is 9.53 Å². The molecule has 9 heavy (non-hydrogen) atoms. The maximum Gasteiger partial charge on any atom is 0.309 e. The number of hydrogen-bond acceptors (Lipinski definition) is 3. The molecular weight excluding hydrogens is 136 g/mol. The Morgan fingerprint density at radius 1 is 1.78 bits per heavy atom. The van der Waals surface area contributed by atoms with Gasteiger partial charge in [-0.15, -0.1) is 0 Å². The molecule has 0 rings (SSSR count). The molecule has 0 spiro atoms. The number of esters is 1. The Labute approximate surface area is 61.0 Å². The average molecular weight is 148 g/mol. The fourth-order valence-corrected chi connectivity index (χ4v) is 0.944. The van der Waals surface area contributed by atoms with Crippen LogP contribution in [0.25, 0.3) is 0 Å². The molecule has 0 aliphatic heterocycles. The molecule has 0 bridgehead atoms. The summed E-state index contributed by atoms with van der Waals surface area (Å²) in [6, 6.07) is 0. The van der Waals surface area contributed by atoms with Gasteiger partial charge in [-0.2, -0.15) is 12.6 Å². The van der Waals surface area contributed by atoms with Crippen molar-refractivity contribution in [3.8, 4) is 0 Å². The summed E-state index contributed by atoms with van der Waals surface area (Å²) in [5.41, 5.74) is 0. The lowest BCUT2D eigenvalue weighted by molar-refractivity contribution is -0.144. The molecule has 54 valence electrons. The number of rotatable bonds is 3. The molecule has 0 fully saturated rings. The van der Waals surface area contributed by atoms with Crippen LogP contribution >= 0.6 is 12.6 Å². The lowest BCUT2D eigenvalue weighted by Crippen LogP contribution is -2.16. The molecule has 2 nitrogen and oxygen atoms in total. The quantitative estimate of drug-likeness (QED) is 0.479. The minimum atomic E-state index is -0.160. The Kier molecular flexibility index (Phi) is 4.58. The number of carbonyl (C=O) groups excluding carboxylic acids is 1. The van der Waals surface area contributed by atoms with Crippen molar-refractivity contribution in [2.45, 2.75) is 13.3 Å². The summed E-state index contributed by atoms with van der Waals surface area (Å²) in [4.78, 5) is 10.7. The Bertz CT molecular complexity index is 89.1. The van der Waals surface area contributed by atoms with Gasteiger partial charge in [0.15, 0.2) is 0 Å². The van der Waals surface area contributed by atoms with E-state index in [1.165, 1.54) is 7.11 Å². The highest BCUT2D eigenvalue weighted by Crippen LogP contribution is 2.05. The Morgan fingerprint density at radius 2 is 2.33 bits per heavy atom. The molecular formula is C6H12O2S. The third-order valence-corrected chi connectivity index (χ3v) is 1.69. The van der Waals surface area contributed by atoms with Crippen LogP contribution in [0, 0.1) is 5.92 Å². The topological polar surface area (TPSA) is 26.3 Å². The number of methoxy groups -OCH3 is 1. The van der Waals surface area contributed by atoms with E-state index in [1.807, 2.05) is 6.92 Å². The summed E-state index contributed by atoms with van der Waals surface area (Å²) in [6.07, 6.45) is 0.802. The van der Waals surface area contributed by atoms with Crippen LogP contribution in [0.15, 0.2) is 0 Å². The van der Waals surface area contributed by atoms with E-state index in [9.17, 15) is 4.79 Å². The second-order valence-corrected chi connectivity index (χ2v) is 2.18. The molecule has 0 aromatic heterocycles. The van der Waals surface area contributed by atoms with Crippen molar-refractivity contribution in [3.05, 3.63) is 0 Å². The highest BCUT2D eigenvalue weighted by molar-refractivity contribution is 7.80. The first-order chi connectivity index (χ1) is 4.26. The van der Waals surface area contributed by atoms with E-state index < -0.39 is 0 Å². The van der Waals surface area contributed by atoms with E-state index in [-0.39, 0.29) is 11.9 Å². The van der Waals surface area contributed by atoms with Crippen molar-refractivity contribution >= 4 is 18.6 Å². The zero-order chi connectivity index (χ0) is 7.28. The lowest BCUT2D eigenvalue weighted by atomic mass is 10.1. The highest BCUT2D eigenvalue weighted by Gasteiger charge is 2.13. The number of thiol groups is 1. The van der Waals surface area contributed by atoms with Gasteiger partial charge in [-0.05, 0) is 6.42 Å². The van der Waals surface area contributed by atoms with Gasteiger partial charge in [0.05, 0.1) is 13.0 Å². The SMILES string of the molecule is CCC(CS)C(=O)OC. The molecule has 0 N–H and O–H groups in total. The molecule has 0 aromatic carbocycles. The van der Waals surface area contributed by atoms with Gasteiger partial charge in [0.25, 0.3) is 0 Å². The van der Waals surface area contributed by atoms with Crippen LogP contribution < -0.4 is 0 Å². The van der Waals surface area contributed by atoms with Crippen molar-refractivity contribution in [2.24, 2.45) is 5.92 Å². The summed E-state index contributed by atoms with van der Waals surface area (Å²) in [5.74, 6) is 0.384. The van der Waals surface area contributed by atoms with Crippen LogP contribution in [0.3, 0.4) is 0 Å². The summed E-state index contributed by atoms with van der Waals surface area (Å²) < 4.78 is 4.51. The van der Waals surface area contributed by atoms with Crippen molar-refractivity contribution in [2.75, 3.05) is 12.9 Å². The highest BCUT2D eigenvalue weighted by atomic mass is 32.1. The van der Waals surface area contributed by atoms with Crippen LogP contribution in [0.2, 0.25) is 0 Å². The first-order valence-corrected chi connectivity index (χ1v) is 3.58. The van der Waals surface area contributed by atoms with Gasteiger partial charge in [0.2, 0.25) is 0 Å². The van der Waals surface area contributed by atoms with Crippen LogP contribution in [0.4, 0.5) is 0 Å². The molecule has 3 heteroatoms. The summed E-state index contributed by atoms with van der Waals surface area (Å²) >= 11 is 3.99. The molecule has 0 aliphatic carbocycles. The first kappa shape index (κ1) is 8.82. The third-order valence-electron chi connectivity index (χ3n) is 1.25. The molecule has 1 unspecified atom stereocenters. The van der Waals surface area contributed by atoms with Crippen molar-refractivity contribution in [3.63, 3.8) is 0 Å². The lowest BCUT2D eigenvalue weighted by Gasteiger charge is -2.06. The van der Waals surface area contributed by atoms with Crippen molar-refractivity contribution in [1.29, 1.82) is 0 Å². The summed E-state index contributed by atoms with van der Waals surface area (Å²) in [6.45, 7) is 1.94. The summed E-state index contributed by atoms with van der Waals surface area (Å²) in [5, 5.41) is 0. The fraction of sp³-hybridized carbons (Fsp3) is 0.833. The maximum absolute atomic E-state index is 10.7. The molecule has 0 aliphatic rings. The largest absolute Gasteiger partial charge is 0.469 e. The van der Waals surface area contributed by atoms with Gasteiger partial charge in [-0.25, -0.2) is 0 Å². The van der Waals surface area contributed by atoms with Gasteiger partial charge in [-0.3, -0.25) is 4.79 Å². The molecule has 0 heterocycles. The molecule has 0 aromatic rings. The minimum Gasteiger partial charge on any atom is -0.469 e. The zero-order valence-electron chi connectivity index (χ0n) is 5.76. The first-order valence-electron chi connectivity index (χ1n) is 2.95. The maximum atomic E-state index is 10.7. The van der Waals surface area contributed by atoms with Crippen LogP contribution in [-0.4, -0.2) is 18.8 Å². The van der Waals surface area contributed by atoms with Gasteiger partial charge in [0.1, 0.15) is 0 Å². The van der Waals surface area contributed by atoms with Gasteiger partial charge in [-0.1, -0.05) is 6.92 Å². The van der Waals surface area contributed by atoms with E-state index in [0.29, 0.717) is 5.75 Å². The summed E-state index contributed by atoms with van der Waals surface area (Å²) in [7, 11) is 1.40. The van der Waals surface area contributed by atoms with E-state index in [0.717, 1.165) is 6.42 Å². The zero-order valence-corrected chi connectivity index (χ0v) is 6.65. The van der Waals surface area contributed by atoms with Gasteiger partial charge < -0.3 is 4.74 Å². The average Bonchev–Trinajstić information content (AvgIpc) is 1.90. The third kappa shape index (κ3) is 2.75. The second kappa shape index (κ2) is 4.68. The Balaban J connectivity index is 3.64. The normalized spacial score (nSPS) is 12.8. The number of hydrogen-bond donors (Lipinski definition) is 1. The molecule has 0 radical (unpaired) electrons. The van der Waals surface area contributed by atoms with E-state index in [2.05, 4.69) is 17.4 Å². The van der Waals surface area contributed by atoms with Gasteiger partial charge in [0, 0.05) is 5.75 Å². The standard InChI is InChI=1S/C6H12O2S/c1-3-5(4-9)6(7)8-2/h5,9H,3-4H2,1-2H3. The molecule has 0 saturated carbocycles. The Hall–Kier alpha value is -0.180. The van der Waals surface area contributed by atoms with E-state index in [4.69, 9.17) is 0 Å². The predicted octanol–water partition coefficient (Wildman–Crippen LogP) is 1.12.